The van der Waals surface area contributed by atoms with Crippen LogP contribution in [0.1, 0.15) is 41.4 Å². The third kappa shape index (κ3) is 5.00. The molecule has 2 N–H and O–H groups in total. The van der Waals surface area contributed by atoms with Crippen molar-refractivity contribution >= 4 is 23.4 Å². The Balaban J connectivity index is 1.72. The van der Waals surface area contributed by atoms with Crippen LogP contribution >= 0.6 is 11.6 Å². The lowest BCUT2D eigenvalue weighted by Gasteiger charge is -2.13. The highest BCUT2D eigenvalue weighted by molar-refractivity contribution is 6.30. The van der Waals surface area contributed by atoms with Crippen molar-refractivity contribution in [3.63, 3.8) is 0 Å². The van der Waals surface area contributed by atoms with Crippen molar-refractivity contribution in [1.29, 1.82) is 0 Å². The first-order valence-corrected chi connectivity index (χ1v) is 9.40. The molecule has 3 rings (SSSR count). The van der Waals surface area contributed by atoms with Crippen molar-refractivity contribution in [2.45, 2.75) is 26.2 Å². The van der Waals surface area contributed by atoms with Crippen molar-refractivity contribution in [2.75, 3.05) is 0 Å². The zero-order chi connectivity index (χ0) is 21.0. The molecular formula is C21H20ClFN4O2. The molecule has 6 nitrogen and oxygen atoms in total. The Labute approximate surface area is 172 Å². The number of rotatable bonds is 5. The number of amides is 2. The van der Waals surface area contributed by atoms with Crippen LogP contribution in [0.3, 0.4) is 0 Å². The van der Waals surface area contributed by atoms with Gasteiger partial charge in [0.25, 0.3) is 5.91 Å². The number of nitrogens with one attached hydrogen (secondary N) is 2. The highest BCUT2D eigenvalue weighted by atomic mass is 35.5. The molecule has 150 valence electrons. The highest BCUT2D eigenvalue weighted by Crippen LogP contribution is 2.24. The van der Waals surface area contributed by atoms with Crippen LogP contribution < -0.4 is 10.9 Å². The van der Waals surface area contributed by atoms with Gasteiger partial charge in [-0.3, -0.25) is 20.4 Å². The molecule has 8 heteroatoms. The number of carbonyl (C=O) groups excluding carboxylic acids is 2. The molecule has 0 fully saturated rings. The van der Waals surface area contributed by atoms with Gasteiger partial charge in [-0.25, -0.2) is 9.07 Å². The van der Waals surface area contributed by atoms with E-state index in [0.29, 0.717) is 21.8 Å². The Morgan fingerprint density at radius 1 is 1.14 bits per heavy atom. The topological polar surface area (TPSA) is 76.0 Å². The van der Waals surface area contributed by atoms with Crippen LogP contribution in [-0.2, 0) is 11.2 Å². The Hall–Kier alpha value is -3.19. The zero-order valence-electron chi connectivity index (χ0n) is 15.9. The van der Waals surface area contributed by atoms with E-state index in [0.717, 1.165) is 5.69 Å². The number of hydrogen-bond donors (Lipinski definition) is 2. The molecule has 1 aromatic heterocycles. The van der Waals surface area contributed by atoms with Crippen molar-refractivity contribution in [2.24, 2.45) is 0 Å². The van der Waals surface area contributed by atoms with Crippen molar-refractivity contribution in [3.8, 4) is 5.69 Å². The smallest absolute Gasteiger partial charge is 0.273 e. The molecule has 0 bridgehead atoms. The molecule has 0 atom stereocenters. The van der Waals surface area contributed by atoms with Gasteiger partial charge < -0.3 is 0 Å². The predicted octanol–water partition coefficient (Wildman–Crippen LogP) is 3.79. The molecule has 0 spiro atoms. The molecule has 0 aliphatic heterocycles. The Morgan fingerprint density at radius 3 is 2.52 bits per heavy atom. The quantitative estimate of drug-likeness (QED) is 0.623. The second kappa shape index (κ2) is 8.87. The van der Waals surface area contributed by atoms with Crippen LogP contribution in [-0.4, -0.2) is 21.6 Å². The fourth-order valence-corrected chi connectivity index (χ4v) is 3.11. The van der Waals surface area contributed by atoms with Crippen molar-refractivity contribution in [1.82, 2.24) is 20.6 Å². The minimum Gasteiger partial charge on any atom is -0.273 e. The lowest BCUT2D eigenvalue weighted by atomic mass is 10.1. The van der Waals surface area contributed by atoms with Gasteiger partial charge in [-0.1, -0.05) is 43.6 Å². The summed E-state index contributed by atoms with van der Waals surface area (Å²) < 4.78 is 14.6. The van der Waals surface area contributed by atoms with E-state index in [1.54, 1.807) is 22.9 Å². The Bertz CT molecular complexity index is 1030. The first-order valence-electron chi connectivity index (χ1n) is 9.02. The molecule has 2 amide bonds. The molecule has 0 radical (unpaired) electrons. The summed E-state index contributed by atoms with van der Waals surface area (Å²) in [7, 11) is 0. The second-order valence-electron chi connectivity index (χ2n) is 6.80. The largest absolute Gasteiger partial charge is 0.273 e. The summed E-state index contributed by atoms with van der Waals surface area (Å²) in [5.41, 5.74) is 7.20. The minimum atomic E-state index is -0.477. The number of carbonyl (C=O) groups is 2. The molecule has 2 aromatic carbocycles. The van der Waals surface area contributed by atoms with E-state index in [4.69, 9.17) is 11.6 Å². The SMILES string of the molecule is CC(C)c1c(C(=O)NNC(=O)Cc2ccc(F)cc2)cnn1-c1cccc(Cl)c1. The predicted molar refractivity (Wildman–Crippen MR) is 108 cm³/mol. The normalized spacial score (nSPS) is 10.8. The number of halogens is 2. The van der Waals surface area contributed by atoms with Gasteiger partial charge >= 0.3 is 0 Å². The molecule has 0 saturated heterocycles. The average molecular weight is 415 g/mol. The first kappa shape index (κ1) is 20.5. The zero-order valence-corrected chi connectivity index (χ0v) is 16.7. The summed E-state index contributed by atoms with van der Waals surface area (Å²) in [6.07, 6.45) is 1.47. The number of aromatic nitrogens is 2. The molecule has 0 aliphatic carbocycles. The van der Waals surface area contributed by atoms with Crippen LogP contribution in [0.25, 0.3) is 5.69 Å². The fourth-order valence-electron chi connectivity index (χ4n) is 2.93. The van der Waals surface area contributed by atoms with Gasteiger partial charge in [-0.2, -0.15) is 5.10 Å². The van der Waals surface area contributed by atoms with E-state index in [-0.39, 0.29) is 18.2 Å². The Morgan fingerprint density at radius 2 is 1.86 bits per heavy atom. The average Bonchev–Trinajstić information content (AvgIpc) is 3.13. The molecule has 0 saturated carbocycles. The number of hydrazine groups is 1. The van der Waals surface area contributed by atoms with E-state index >= 15 is 0 Å². The van der Waals surface area contributed by atoms with Crippen LogP contribution in [0, 0.1) is 5.82 Å². The van der Waals surface area contributed by atoms with Gasteiger partial charge in [0.05, 0.1) is 29.6 Å². The summed E-state index contributed by atoms with van der Waals surface area (Å²) in [6, 6.07) is 12.8. The van der Waals surface area contributed by atoms with Crippen LogP contribution in [0.4, 0.5) is 4.39 Å². The molecule has 1 heterocycles. The summed E-state index contributed by atoms with van der Waals surface area (Å²) in [6.45, 7) is 3.89. The van der Waals surface area contributed by atoms with E-state index in [1.807, 2.05) is 19.9 Å². The maximum Gasteiger partial charge on any atom is 0.273 e. The van der Waals surface area contributed by atoms with Gasteiger partial charge in [-0.05, 0) is 41.8 Å². The van der Waals surface area contributed by atoms with E-state index in [9.17, 15) is 14.0 Å². The molecule has 0 aliphatic rings. The van der Waals surface area contributed by atoms with Crippen LogP contribution in [0.2, 0.25) is 5.02 Å². The number of nitrogens with zero attached hydrogens (tertiary/aromatic N) is 2. The third-order valence-corrected chi connectivity index (χ3v) is 4.48. The summed E-state index contributed by atoms with van der Waals surface area (Å²) in [5, 5.41) is 4.88. The minimum absolute atomic E-state index is 0.00727. The molecule has 3 aromatic rings. The van der Waals surface area contributed by atoms with Gasteiger partial charge in [0.1, 0.15) is 5.82 Å². The van der Waals surface area contributed by atoms with Crippen molar-refractivity contribution < 1.29 is 14.0 Å². The summed E-state index contributed by atoms with van der Waals surface area (Å²) in [5.74, 6) is -1.28. The maximum atomic E-state index is 12.9. The van der Waals surface area contributed by atoms with Gasteiger partial charge in [0.2, 0.25) is 5.91 Å². The Kier molecular flexibility index (Phi) is 6.29. The maximum absolute atomic E-state index is 12.9. The van der Waals surface area contributed by atoms with Crippen molar-refractivity contribution in [3.05, 3.63) is 82.4 Å². The summed E-state index contributed by atoms with van der Waals surface area (Å²) in [4.78, 5) is 24.7. The second-order valence-corrected chi connectivity index (χ2v) is 7.23. The van der Waals surface area contributed by atoms with E-state index in [1.165, 1.54) is 30.5 Å². The molecule has 0 unspecified atom stereocenters. The van der Waals surface area contributed by atoms with Gasteiger partial charge in [0, 0.05) is 5.02 Å². The van der Waals surface area contributed by atoms with Crippen LogP contribution in [0.5, 0.6) is 0 Å². The third-order valence-electron chi connectivity index (χ3n) is 4.24. The molecule has 29 heavy (non-hydrogen) atoms. The first-order chi connectivity index (χ1) is 13.8. The van der Waals surface area contributed by atoms with Gasteiger partial charge in [-0.15, -0.1) is 0 Å². The van der Waals surface area contributed by atoms with E-state index < -0.39 is 11.8 Å². The van der Waals surface area contributed by atoms with E-state index in [2.05, 4.69) is 16.0 Å². The van der Waals surface area contributed by atoms with Crippen LogP contribution in [0.15, 0.2) is 54.7 Å². The van der Waals surface area contributed by atoms with Gasteiger partial charge in [0.15, 0.2) is 0 Å². The number of hydrogen-bond acceptors (Lipinski definition) is 3. The standard InChI is InChI=1S/C21H20ClFN4O2/c1-13(2)20-18(12-24-27(20)17-5-3-4-15(22)11-17)21(29)26-25-19(28)10-14-6-8-16(23)9-7-14/h3-9,11-13H,10H2,1-2H3,(H,25,28)(H,26,29). The lowest BCUT2D eigenvalue weighted by molar-refractivity contribution is -0.121. The highest BCUT2D eigenvalue weighted by Gasteiger charge is 2.21. The lowest BCUT2D eigenvalue weighted by Crippen LogP contribution is -2.42. The monoisotopic (exact) mass is 414 g/mol. The fraction of sp³-hybridized carbons (Fsp3) is 0.190. The summed E-state index contributed by atoms with van der Waals surface area (Å²) >= 11 is 6.07. The number of benzene rings is 2. The molecular weight excluding hydrogens is 395 g/mol.